The molecule has 29 heavy (non-hydrogen) atoms. The smallest absolute Gasteiger partial charge is 0.223 e. The van der Waals surface area contributed by atoms with E-state index in [1.54, 1.807) is 4.90 Å². The van der Waals surface area contributed by atoms with Gasteiger partial charge in [0, 0.05) is 37.5 Å². The van der Waals surface area contributed by atoms with E-state index < -0.39 is 15.4 Å². The first kappa shape index (κ1) is 20.0. The molecule has 1 spiro atoms. The summed E-state index contributed by atoms with van der Waals surface area (Å²) < 4.78 is 28.9. The van der Waals surface area contributed by atoms with E-state index in [0.717, 1.165) is 29.5 Å². The zero-order valence-electron chi connectivity index (χ0n) is 16.5. The molecule has 0 saturated carbocycles. The molecule has 1 fully saturated rings. The highest BCUT2D eigenvalue weighted by Gasteiger charge is 2.43. The average molecular weight is 416 g/mol. The number of carbonyl (C=O) groups is 1. The summed E-state index contributed by atoms with van der Waals surface area (Å²) in [6.45, 7) is 1.68. The minimum Gasteiger partial charge on any atom is -0.368 e. The maximum atomic E-state index is 12.4. The fraction of sp³-hybridized carbons (Fsp3) is 0.476. The number of piperidine rings is 1. The molecule has 154 valence electrons. The van der Waals surface area contributed by atoms with Crippen LogP contribution in [0.1, 0.15) is 30.5 Å². The lowest BCUT2D eigenvalue weighted by Gasteiger charge is -2.44. The summed E-state index contributed by atoms with van der Waals surface area (Å²) in [6.07, 6.45) is 5.17. The van der Waals surface area contributed by atoms with Gasteiger partial charge in [0.15, 0.2) is 5.82 Å². The normalized spacial score (nSPS) is 18.4. The van der Waals surface area contributed by atoms with Crippen molar-refractivity contribution in [1.82, 2.24) is 14.9 Å². The summed E-state index contributed by atoms with van der Waals surface area (Å²) in [5, 5.41) is 0. The van der Waals surface area contributed by atoms with Gasteiger partial charge in [-0.15, -0.1) is 0 Å². The minimum absolute atomic E-state index is 0.0314. The van der Waals surface area contributed by atoms with Gasteiger partial charge < -0.3 is 9.64 Å². The van der Waals surface area contributed by atoms with Gasteiger partial charge in [-0.3, -0.25) is 4.79 Å². The van der Waals surface area contributed by atoms with Crippen molar-refractivity contribution >= 4 is 15.7 Å². The van der Waals surface area contributed by atoms with Gasteiger partial charge in [0.1, 0.15) is 15.4 Å². The number of carbonyl (C=O) groups excluding carboxylic acids is 1. The highest BCUT2D eigenvalue weighted by atomic mass is 32.2. The Bertz CT molecular complexity index is 1000. The number of likely N-dealkylation sites (tertiary alicyclic amines) is 1. The first-order valence-corrected chi connectivity index (χ1v) is 11.9. The second-order valence-electron chi connectivity index (χ2n) is 7.79. The van der Waals surface area contributed by atoms with E-state index in [1.807, 2.05) is 36.5 Å². The molecule has 0 bridgehead atoms. The number of hydrogen-bond donors (Lipinski definition) is 0. The Balaban J connectivity index is 1.53. The molecule has 1 amide bonds. The molecule has 0 radical (unpaired) electrons. The van der Waals surface area contributed by atoms with Crippen molar-refractivity contribution in [2.75, 3.05) is 31.7 Å². The van der Waals surface area contributed by atoms with Crippen molar-refractivity contribution in [2.45, 2.75) is 31.3 Å². The van der Waals surface area contributed by atoms with Crippen LogP contribution in [0, 0.1) is 0 Å². The summed E-state index contributed by atoms with van der Waals surface area (Å²) in [5.41, 5.74) is 2.49. The fourth-order valence-corrected chi connectivity index (χ4v) is 4.61. The Morgan fingerprint density at radius 2 is 1.93 bits per heavy atom. The molecular formula is C21H25N3O4S. The number of amides is 1. The number of benzene rings is 1. The lowest BCUT2D eigenvalue weighted by molar-refractivity contribution is -0.140. The maximum Gasteiger partial charge on any atom is 0.223 e. The first-order valence-electron chi connectivity index (χ1n) is 9.88. The number of ether oxygens (including phenoxy) is 1. The molecule has 4 rings (SSSR count). The number of aromatic nitrogens is 2. The summed E-state index contributed by atoms with van der Waals surface area (Å²) in [7, 11) is -3.15. The van der Waals surface area contributed by atoms with Crippen molar-refractivity contribution in [3.63, 3.8) is 0 Å². The minimum atomic E-state index is -3.15. The largest absolute Gasteiger partial charge is 0.368 e. The third-order valence-corrected chi connectivity index (χ3v) is 6.63. The summed E-state index contributed by atoms with van der Waals surface area (Å²) in [5.74, 6) is 0.454. The van der Waals surface area contributed by atoms with E-state index in [9.17, 15) is 13.2 Å². The summed E-state index contributed by atoms with van der Waals surface area (Å²) >= 11 is 0. The van der Waals surface area contributed by atoms with Crippen LogP contribution in [0.5, 0.6) is 0 Å². The second kappa shape index (κ2) is 7.84. The maximum absolute atomic E-state index is 12.4. The van der Waals surface area contributed by atoms with Gasteiger partial charge in [-0.25, -0.2) is 18.4 Å². The molecule has 0 unspecified atom stereocenters. The van der Waals surface area contributed by atoms with Crippen molar-refractivity contribution in [3.05, 3.63) is 47.8 Å². The van der Waals surface area contributed by atoms with Crippen LogP contribution in [0.3, 0.4) is 0 Å². The van der Waals surface area contributed by atoms with Gasteiger partial charge in [0.2, 0.25) is 5.91 Å². The van der Waals surface area contributed by atoms with Crippen LogP contribution in [0.15, 0.2) is 36.5 Å². The molecule has 1 aromatic heterocycles. The Morgan fingerprint density at radius 3 is 2.62 bits per heavy atom. The third-order valence-electron chi connectivity index (χ3n) is 5.69. The molecule has 2 aromatic rings. The van der Waals surface area contributed by atoms with Crippen molar-refractivity contribution in [1.29, 1.82) is 0 Å². The highest BCUT2D eigenvalue weighted by Crippen LogP contribution is 2.41. The molecule has 2 aliphatic rings. The standard InChI is InChI=1S/C21H25N3O4S/c1-29(26,27)14-8-18(25)24-11-9-21(10-12-24)19-17(7-13-28-21)15-22-20(23-19)16-5-3-2-4-6-16/h2-6,15H,7-14H2,1H3. The molecule has 0 aliphatic carbocycles. The third kappa shape index (κ3) is 4.33. The molecule has 1 aromatic carbocycles. The Morgan fingerprint density at radius 1 is 1.21 bits per heavy atom. The first-order chi connectivity index (χ1) is 13.9. The van der Waals surface area contributed by atoms with E-state index in [1.165, 1.54) is 0 Å². The molecule has 8 heteroatoms. The number of fused-ring (bicyclic) bond motifs is 2. The zero-order valence-corrected chi connectivity index (χ0v) is 17.3. The Labute approximate surface area is 171 Å². The summed E-state index contributed by atoms with van der Waals surface area (Å²) in [6, 6.07) is 9.86. The molecule has 0 atom stereocenters. The molecule has 3 heterocycles. The van der Waals surface area contributed by atoms with Crippen molar-refractivity contribution < 1.29 is 17.9 Å². The van der Waals surface area contributed by atoms with E-state index in [-0.39, 0.29) is 18.1 Å². The number of hydrogen-bond acceptors (Lipinski definition) is 6. The van der Waals surface area contributed by atoms with Crippen LogP contribution in [0.25, 0.3) is 11.4 Å². The van der Waals surface area contributed by atoms with Crippen LogP contribution >= 0.6 is 0 Å². The monoisotopic (exact) mass is 415 g/mol. The highest BCUT2D eigenvalue weighted by molar-refractivity contribution is 7.90. The number of sulfone groups is 1. The molecule has 1 saturated heterocycles. The van der Waals surface area contributed by atoms with Crippen LogP contribution in [-0.4, -0.2) is 60.9 Å². The van der Waals surface area contributed by atoms with Gasteiger partial charge in [0.25, 0.3) is 0 Å². The zero-order chi connectivity index (χ0) is 20.5. The average Bonchev–Trinajstić information content (AvgIpc) is 2.73. The lowest BCUT2D eigenvalue weighted by atomic mass is 9.83. The lowest BCUT2D eigenvalue weighted by Crippen LogP contribution is -2.49. The van der Waals surface area contributed by atoms with Gasteiger partial charge in [-0.1, -0.05) is 30.3 Å². The predicted octanol–water partition coefficient (Wildman–Crippen LogP) is 1.97. The van der Waals surface area contributed by atoms with Crippen molar-refractivity contribution in [2.24, 2.45) is 0 Å². The van der Waals surface area contributed by atoms with E-state index in [4.69, 9.17) is 9.72 Å². The SMILES string of the molecule is CS(=O)(=O)CCC(=O)N1CCC2(CC1)OCCc1cnc(-c3ccccc3)nc12. The van der Waals surface area contributed by atoms with E-state index >= 15 is 0 Å². The Hall–Kier alpha value is -2.32. The molecule has 2 aliphatic heterocycles. The van der Waals surface area contributed by atoms with Crippen LogP contribution in [0.2, 0.25) is 0 Å². The predicted molar refractivity (Wildman–Crippen MR) is 109 cm³/mol. The molecule has 0 N–H and O–H groups in total. The molecular weight excluding hydrogens is 390 g/mol. The second-order valence-corrected chi connectivity index (χ2v) is 10.0. The van der Waals surface area contributed by atoms with Crippen molar-refractivity contribution in [3.8, 4) is 11.4 Å². The van der Waals surface area contributed by atoms with Gasteiger partial charge >= 0.3 is 0 Å². The molecule has 7 nitrogen and oxygen atoms in total. The van der Waals surface area contributed by atoms with Gasteiger partial charge in [0.05, 0.1) is 18.1 Å². The van der Waals surface area contributed by atoms with Crippen LogP contribution in [-0.2, 0) is 31.4 Å². The van der Waals surface area contributed by atoms with E-state index in [2.05, 4.69) is 4.98 Å². The number of nitrogens with zero attached hydrogens (tertiary/aromatic N) is 3. The Kier molecular flexibility index (Phi) is 5.40. The number of rotatable bonds is 4. The fourth-order valence-electron chi connectivity index (χ4n) is 4.06. The summed E-state index contributed by atoms with van der Waals surface area (Å²) in [4.78, 5) is 23.6. The van der Waals surface area contributed by atoms with Crippen LogP contribution in [0.4, 0.5) is 0 Å². The van der Waals surface area contributed by atoms with Gasteiger partial charge in [-0.05, 0) is 24.8 Å². The quantitative estimate of drug-likeness (QED) is 0.758. The van der Waals surface area contributed by atoms with Crippen LogP contribution < -0.4 is 0 Å². The van der Waals surface area contributed by atoms with E-state index in [0.29, 0.717) is 38.4 Å². The van der Waals surface area contributed by atoms with Gasteiger partial charge in [-0.2, -0.15) is 0 Å². The topological polar surface area (TPSA) is 89.5 Å².